The monoisotopic (exact) mass is 491 g/mol. The number of nitrogens with zero attached hydrogens (tertiary/aromatic N) is 2. The third-order valence-corrected chi connectivity index (χ3v) is 8.23. The summed E-state index contributed by atoms with van der Waals surface area (Å²) in [5.41, 5.74) is 1.38. The molecule has 0 spiro atoms. The molecule has 190 valence electrons. The molecule has 1 aromatic heterocycles. The van der Waals surface area contributed by atoms with E-state index in [1.807, 2.05) is 70.9 Å². The van der Waals surface area contributed by atoms with Gasteiger partial charge >= 0.3 is 7.60 Å². The molecule has 0 aliphatic rings. The van der Waals surface area contributed by atoms with Crippen LogP contribution in [0.1, 0.15) is 79.5 Å². The van der Waals surface area contributed by atoms with Crippen LogP contribution in [0.15, 0.2) is 54.9 Å². The molecule has 0 radical (unpaired) electrons. The molecule has 34 heavy (non-hydrogen) atoms. The maximum Gasteiger partial charge on any atom is 0.350 e. The van der Waals surface area contributed by atoms with Gasteiger partial charge in [-0.15, -0.1) is 0 Å². The molecule has 0 bridgehead atoms. The Morgan fingerprint density at radius 1 is 0.941 bits per heavy atom. The third kappa shape index (κ3) is 7.73. The highest BCUT2D eigenvalue weighted by atomic mass is 31.2. The zero-order chi connectivity index (χ0) is 25.6. The average Bonchev–Trinajstić information content (AvgIpc) is 2.73. The molecular weight excluding hydrogens is 447 g/mol. The molecular formula is C27H44N2O4P+. The van der Waals surface area contributed by atoms with E-state index in [1.54, 1.807) is 0 Å². The lowest BCUT2D eigenvalue weighted by Gasteiger charge is -2.48. The third-order valence-electron chi connectivity index (χ3n) is 5.41. The number of hydrogen-bond acceptors (Lipinski definition) is 5. The lowest BCUT2D eigenvalue weighted by Crippen LogP contribution is -2.53. The van der Waals surface area contributed by atoms with Crippen molar-refractivity contribution < 1.29 is 23.0 Å². The van der Waals surface area contributed by atoms with Crippen LogP contribution in [0.2, 0.25) is 0 Å². The summed E-state index contributed by atoms with van der Waals surface area (Å²) in [6, 6.07) is 14.5. The van der Waals surface area contributed by atoms with E-state index in [1.165, 1.54) is 5.56 Å². The summed E-state index contributed by atoms with van der Waals surface area (Å²) < 4.78 is 27.8. The van der Waals surface area contributed by atoms with Gasteiger partial charge in [-0.1, -0.05) is 51.1 Å². The van der Waals surface area contributed by atoms with Crippen LogP contribution in [-0.4, -0.2) is 29.6 Å². The predicted molar refractivity (Wildman–Crippen MR) is 137 cm³/mol. The van der Waals surface area contributed by atoms with Crippen molar-refractivity contribution in [2.75, 3.05) is 13.2 Å². The smallest absolute Gasteiger partial charge is 0.308 e. The summed E-state index contributed by atoms with van der Waals surface area (Å²) in [7, 11) is -3.51. The first-order valence-electron chi connectivity index (χ1n) is 12.2. The van der Waals surface area contributed by atoms with Gasteiger partial charge in [0.2, 0.25) is 0 Å². The van der Waals surface area contributed by atoms with E-state index in [9.17, 15) is 4.57 Å². The summed E-state index contributed by atoms with van der Waals surface area (Å²) in [4.78, 5) is 6.62. The van der Waals surface area contributed by atoms with Crippen molar-refractivity contribution in [3.05, 3.63) is 66.0 Å². The van der Waals surface area contributed by atoms with E-state index in [4.69, 9.17) is 13.9 Å². The molecule has 7 heteroatoms. The highest BCUT2D eigenvalue weighted by Gasteiger charge is 2.51. The van der Waals surface area contributed by atoms with Crippen LogP contribution in [0.4, 0.5) is 0 Å². The molecule has 2 unspecified atom stereocenters. The fraction of sp³-hybridized carbons (Fsp3) is 0.593. The van der Waals surface area contributed by atoms with E-state index in [0.29, 0.717) is 13.2 Å². The van der Waals surface area contributed by atoms with Crippen LogP contribution in [0.25, 0.3) is 0 Å². The minimum absolute atomic E-state index is 0.274. The van der Waals surface area contributed by atoms with Gasteiger partial charge in [0.05, 0.1) is 13.2 Å². The predicted octanol–water partition coefficient (Wildman–Crippen LogP) is 6.75. The highest BCUT2D eigenvalue weighted by Crippen LogP contribution is 2.61. The molecule has 0 amide bonds. The zero-order valence-corrected chi connectivity index (χ0v) is 23.3. The van der Waals surface area contributed by atoms with Gasteiger partial charge in [-0.05, 0) is 53.0 Å². The maximum absolute atomic E-state index is 14.1. The fourth-order valence-electron chi connectivity index (χ4n) is 3.98. The molecule has 0 fully saturated rings. The second kappa shape index (κ2) is 11.9. The lowest BCUT2D eigenvalue weighted by molar-refractivity contribution is -0.689. The second-order valence-corrected chi connectivity index (χ2v) is 12.7. The maximum atomic E-state index is 14.1. The number of pyridine rings is 1. The lowest BCUT2D eigenvalue weighted by atomic mass is 9.94. The topological polar surface area (TPSA) is 51.9 Å². The van der Waals surface area contributed by atoms with Crippen LogP contribution in [0.3, 0.4) is 0 Å². The van der Waals surface area contributed by atoms with Crippen LogP contribution < -0.4 is 4.57 Å². The molecule has 1 heterocycles. The summed E-state index contributed by atoms with van der Waals surface area (Å²) in [5.74, 6) is -0.595. The van der Waals surface area contributed by atoms with Gasteiger partial charge in [0, 0.05) is 22.7 Å². The number of hydroxylamine groups is 2. The van der Waals surface area contributed by atoms with Gasteiger partial charge in [0.15, 0.2) is 18.9 Å². The van der Waals surface area contributed by atoms with Crippen LogP contribution >= 0.6 is 7.60 Å². The highest BCUT2D eigenvalue weighted by molar-refractivity contribution is 7.54. The molecule has 0 aliphatic heterocycles. The van der Waals surface area contributed by atoms with Crippen molar-refractivity contribution in [1.82, 2.24) is 5.06 Å². The molecule has 2 aromatic rings. The van der Waals surface area contributed by atoms with Gasteiger partial charge in [-0.2, -0.15) is 5.06 Å². The Hall–Kier alpha value is -1.56. The van der Waals surface area contributed by atoms with Gasteiger partial charge in [-0.3, -0.25) is 9.40 Å². The molecule has 0 saturated heterocycles. The number of rotatable bonds is 11. The van der Waals surface area contributed by atoms with E-state index in [-0.39, 0.29) is 6.10 Å². The molecule has 0 saturated carbocycles. The van der Waals surface area contributed by atoms with Gasteiger partial charge in [-0.25, -0.2) is 4.57 Å². The average molecular weight is 492 g/mol. The molecule has 2 rings (SSSR count). The van der Waals surface area contributed by atoms with E-state index < -0.39 is 24.3 Å². The van der Waals surface area contributed by atoms with Crippen LogP contribution in [0.5, 0.6) is 0 Å². The first-order valence-corrected chi connectivity index (χ1v) is 13.8. The van der Waals surface area contributed by atoms with Crippen molar-refractivity contribution >= 4 is 7.60 Å². The Morgan fingerprint density at radius 2 is 1.53 bits per heavy atom. The molecule has 1 aromatic carbocycles. The van der Waals surface area contributed by atoms with E-state index in [0.717, 1.165) is 12.1 Å². The Labute approximate surface area is 206 Å². The van der Waals surface area contributed by atoms with Gasteiger partial charge < -0.3 is 9.05 Å². The normalized spacial score (nSPS) is 14.9. The van der Waals surface area contributed by atoms with Crippen LogP contribution in [-0.2, 0) is 25.0 Å². The first kappa shape index (κ1) is 28.7. The van der Waals surface area contributed by atoms with Crippen LogP contribution in [0, 0.1) is 5.41 Å². The van der Waals surface area contributed by atoms with Gasteiger partial charge in [0.25, 0.3) is 0 Å². The molecule has 2 atom stereocenters. The minimum Gasteiger partial charge on any atom is -0.308 e. The Morgan fingerprint density at radius 3 is 2.03 bits per heavy atom. The quantitative estimate of drug-likeness (QED) is 0.198. The fourth-order valence-corrected chi connectivity index (χ4v) is 6.67. The number of aromatic nitrogens is 1. The van der Waals surface area contributed by atoms with E-state index in [2.05, 4.69) is 55.9 Å². The van der Waals surface area contributed by atoms with Crippen molar-refractivity contribution in [2.45, 2.75) is 86.3 Å². The molecule has 0 aliphatic carbocycles. The largest absolute Gasteiger partial charge is 0.350 e. The number of hydrogen-bond donors (Lipinski definition) is 0. The Bertz CT molecular complexity index is 928. The van der Waals surface area contributed by atoms with Gasteiger partial charge in [0.1, 0.15) is 11.9 Å². The summed E-state index contributed by atoms with van der Waals surface area (Å²) >= 11 is 0. The summed E-state index contributed by atoms with van der Waals surface area (Å²) in [6.45, 7) is 19.4. The summed E-state index contributed by atoms with van der Waals surface area (Å²) in [6.07, 6.45) is 3.89. The van der Waals surface area contributed by atoms with Crippen molar-refractivity contribution in [2.24, 2.45) is 5.41 Å². The minimum atomic E-state index is -3.51. The van der Waals surface area contributed by atoms with Crippen molar-refractivity contribution in [3.63, 3.8) is 0 Å². The first-order chi connectivity index (χ1) is 15.8. The standard InChI is InChI=1S/C27H44N2O4P/c1-10-31-34(30,32-11-2)25(26(4,5)6)29(27(7,8)9)33-22(3)24-18-15-19-28(21-24)20-23-16-13-12-14-17-23/h12-19,21-22,25H,10-11,20H2,1-9H3/q+1. The SMILES string of the molecule is CCOP(=O)(OCC)C(N(OC(C)c1ccc[n+](Cc2ccccc2)c1)C(C)(C)C)C(C)(C)C. The second-order valence-electron chi connectivity index (χ2n) is 10.7. The number of benzene rings is 1. The van der Waals surface area contributed by atoms with Crippen molar-refractivity contribution in [1.29, 1.82) is 0 Å². The Kier molecular flexibility index (Phi) is 10.1. The molecule has 6 nitrogen and oxygen atoms in total. The molecule has 0 N–H and O–H groups in total. The Balaban J connectivity index is 2.40. The summed E-state index contributed by atoms with van der Waals surface area (Å²) in [5, 5.41) is 1.85. The zero-order valence-electron chi connectivity index (χ0n) is 22.4. The van der Waals surface area contributed by atoms with Crippen molar-refractivity contribution in [3.8, 4) is 0 Å². The van der Waals surface area contributed by atoms with E-state index >= 15 is 0 Å².